The lowest BCUT2D eigenvalue weighted by Gasteiger charge is -2.17. The van der Waals surface area contributed by atoms with E-state index in [1.54, 1.807) is 48.5 Å². The van der Waals surface area contributed by atoms with E-state index >= 15 is 0 Å². The molecular formula is C30H30FN3O5. The fourth-order valence-corrected chi connectivity index (χ4v) is 5.14. The summed E-state index contributed by atoms with van der Waals surface area (Å²) in [4.78, 5) is 39.9. The second-order valence-electron chi connectivity index (χ2n) is 9.77. The zero-order valence-electron chi connectivity index (χ0n) is 21.9. The van der Waals surface area contributed by atoms with E-state index in [-0.39, 0.29) is 30.4 Å². The van der Waals surface area contributed by atoms with Crippen molar-refractivity contribution >= 4 is 16.8 Å². The third kappa shape index (κ3) is 5.43. The van der Waals surface area contributed by atoms with Gasteiger partial charge >= 0.3 is 5.69 Å². The van der Waals surface area contributed by atoms with Gasteiger partial charge in [-0.05, 0) is 54.3 Å². The van der Waals surface area contributed by atoms with Gasteiger partial charge in [-0.15, -0.1) is 0 Å². The van der Waals surface area contributed by atoms with Crippen molar-refractivity contribution in [1.82, 2.24) is 14.5 Å². The quantitative estimate of drug-likeness (QED) is 0.370. The molecule has 0 bridgehead atoms. The zero-order chi connectivity index (χ0) is 27.5. The topological polar surface area (TPSA) is 91.6 Å². The molecule has 1 aliphatic rings. The summed E-state index contributed by atoms with van der Waals surface area (Å²) in [5.74, 6) is 0.160. The molecule has 0 spiro atoms. The molecule has 0 atom stereocenters. The minimum atomic E-state index is -0.549. The number of nitrogens with zero attached hydrogens (tertiary/aromatic N) is 2. The van der Waals surface area contributed by atoms with Crippen LogP contribution < -0.4 is 26.0 Å². The first-order chi connectivity index (χ1) is 18.9. The number of fused-ring (bicyclic) bond motifs is 1. The molecule has 8 nitrogen and oxygen atoms in total. The lowest BCUT2D eigenvalue weighted by atomic mass is 10.1. The van der Waals surface area contributed by atoms with Crippen LogP contribution in [0.25, 0.3) is 10.9 Å². The lowest BCUT2D eigenvalue weighted by molar-refractivity contribution is 0.0938. The van der Waals surface area contributed by atoms with Crippen molar-refractivity contribution in [1.29, 1.82) is 0 Å². The summed E-state index contributed by atoms with van der Waals surface area (Å²) < 4.78 is 27.3. The van der Waals surface area contributed by atoms with Crippen molar-refractivity contribution < 1.29 is 18.7 Å². The molecule has 1 heterocycles. The first kappa shape index (κ1) is 26.2. The Labute approximate surface area is 224 Å². The number of aromatic nitrogens is 2. The van der Waals surface area contributed by atoms with Crippen molar-refractivity contribution in [3.05, 3.63) is 104 Å². The highest BCUT2D eigenvalue weighted by Crippen LogP contribution is 2.30. The number of carbonyl (C=O) groups excluding carboxylic acids is 1. The molecule has 1 aromatic heterocycles. The molecule has 39 heavy (non-hydrogen) atoms. The number of nitrogens with one attached hydrogen (secondary N) is 1. The summed E-state index contributed by atoms with van der Waals surface area (Å²) in [5, 5.41) is 3.32. The van der Waals surface area contributed by atoms with Gasteiger partial charge in [-0.1, -0.05) is 37.1 Å². The zero-order valence-corrected chi connectivity index (χ0v) is 21.9. The van der Waals surface area contributed by atoms with Crippen LogP contribution in [0, 0.1) is 5.82 Å². The molecule has 0 radical (unpaired) electrons. The number of hydrogen-bond acceptors (Lipinski definition) is 5. The van der Waals surface area contributed by atoms with Crippen LogP contribution in [0.3, 0.4) is 0 Å². The van der Waals surface area contributed by atoms with Gasteiger partial charge in [-0.25, -0.2) is 9.18 Å². The number of carbonyl (C=O) groups is 1. The number of hydrogen-bond donors (Lipinski definition) is 1. The summed E-state index contributed by atoms with van der Waals surface area (Å²) in [6.07, 6.45) is 4.24. The molecule has 4 aromatic rings. The Morgan fingerprint density at radius 2 is 1.56 bits per heavy atom. The molecular weight excluding hydrogens is 501 g/mol. The molecule has 1 saturated carbocycles. The van der Waals surface area contributed by atoms with Crippen LogP contribution in [0.4, 0.5) is 4.39 Å². The number of amides is 1. The van der Waals surface area contributed by atoms with E-state index in [2.05, 4.69) is 5.32 Å². The Kier molecular flexibility index (Phi) is 7.49. The van der Waals surface area contributed by atoms with Gasteiger partial charge in [0.05, 0.1) is 38.2 Å². The monoisotopic (exact) mass is 531 g/mol. The molecule has 202 valence electrons. The number of rotatable bonds is 8. The number of ether oxygens (including phenoxy) is 2. The Bertz CT molecular complexity index is 1640. The smallest absolute Gasteiger partial charge is 0.332 e. The van der Waals surface area contributed by atoms with Gasteiger partial charge in [0, 0.05) is 17.7 Å². The van der Waals surface area contributed by atoms with E-state index in [1.807, 2.05) is 0 Å². The first-order valence-electron chi connectivity index (χ1n) is 12.9. The van der Waals surface area contributed by atoms with Crippen LogP contribution in [0.1, 0.15) is 47.2 Å². The van der Waals surface area contributed by atoms with Gasteiger partial charge < -0.3 is 14.8 Å². The van der Waals surface area contributed by atoms with Crippen molar-refractivity contribution in [2.45, 2.75) is 44.8 Å². The Balaban J connectivity index is 1.54. The van der Waals surface area contributed by atoms with Crippen LogP contribution >= 0.6 is 0 Å². The van der Waals surface area contributed by atoms with Gasteiger partial charge in [0.2, 0.25) is 0 Å². The van der Waals surface area contributed by atoms with Gasteiger partial charge in [0.1, 0.15) is 5.82 Å². The molecule has 1 amide bonds. The fraction of sp³-hybridized carbons (Fsp3) is 0.300. The SMILES string of the molecule is COc1cc2c(=O)n(Cc3ccc(C(=O)NC4CCCC4)cc3)c(=O)n(Cc3cccc(F)c3)c2cc1OC. The second-order valence-corrected chi connectivity index (χ2v) is 9.77. The minimum absolute atomic E-state index is 0.00434. The third-order valence-electron chi connectivity index (χ3n) is 7.21. The third-order valence-corrected chi connectivity index (χ3v) is 7.21. The molecule has 9 heteroatoms. The Morgan fingerprint density at radius 3 is 2.23 bits per heavy atom. The maximum absolute atomic E-state index is 13.9. The van der Waals surface area contributed by atoms with Crippen molar-refractivity contribution in [2.75, 3.05) is 14.2 Å². The predicted octanol–water partition coefficient (Wildman–Crippen LogP) is 4.09. The summed E-state index contributed by atoms with van der Waals surface area (Å²) in [6, 6.07) is 16.2. The first-order valence-corrected chi connectivity index (χ1v) is 12.9. The number of methoxy groups -OCH3 is 2. The van der Waals surface area contributed by atoms with Gasteiger partial charge in [0.25, 0.3) is 11.5 Å². The van der Waals surface area contributed by atoms with Crippen LogP contribution in [0.5, 0.6) is 11.5 Å². The molecule has 3 aromatic carbocycles. The molecule has 1 N–H and O–H groups in total. The van der Waals surface area contributed by atoms with Crippen LogP contribution in [-0.4, -0.2) is 35.3 Å². The maximum Gasteiger partial charge on any atom is 0.332 e. The summed E-state index contributed by atoms with van der Waals surface area (Å²) in [5.41, 5.74) is 1.08. The van der Waals surface area contributed by atoms with Crippen molar-refractivity contribution in [2.24, 2.45) is 0 Å². The molecule has 1 fully saturated rings. The van der Waals surface area contributed by atoms with E-state index in [0.29, 0.717) is 33.7 Å². The van der Waals surface area contributed by atoms with Crippen molar-refractivity contribution in [3.8, 4) is 11.5 Å². The summed E-state index contributed by atoms with van der Waals surface area (Å²) >= 11 is 0. The normalized spacial score (nSPS) is 13.5. The second kappa shape index (κ2) is 11.1. The molecule has 5 rings (SSSR count). The van der Waals surface area contributed by atoms with Crippen LogP contribution in [0.15, 0.2) is 70.3 Å². The Hall–Kier alpha value is -4.40. The van der Waals surface area contributed by atoms with E-state index in [4.69, 9.17) is 9.47 Å². The van der Waals surface area contributed by atoms with E-state index in [0.717, 1.165) is 30.3 Å². The average molecular weight is 532 g/mol. The summed E-state index contributed by atoms with van der Waals surface area (Å²) in [6.45, 7) is 0.0404. The van der Waals surface area contributed by atoms with Gasteiger partial charge in [0.15, 0.2) is 11.5 Å². The highest BCUT2D eigenvalue weighted by atomic mass is 19.1. The highest BCUT2D eigenvalue weighted by molar-refractivity contribution is 5.94. The van der Waals surface area contributed by atoms with Crippen molar-refractivity contribution in [3.63, 3.8) is 0 Å². The molecule has 0 aliphatic heterocycles. The lowest BCUT2D eigenvalue weighted by Crippen LogP contribution is -2.40. The highest BCUT2D eigenvalue weighted by Gasteiger charge is 2.20. The van der Waals surface area contributed by atoms with E-state index in [9.17, 15) is 18.8 Å². The fourth-order valence-electron chi connectivity index (χ4n) is 5.14. The molecule has 1 aliphatic carbocycles. The van der Waals surface area contributed by atoms with E-state index in [1.165, 1.54) is 30.9 Å². The number of benzene rings is 3. The van der Waals surface area contributed by atoms with Gasteiger partial charge in [-0.2, -0.15) is 0 Å². The predicted molar refractivity (Wildman–Crippen MR) is 146 cm³/mol. The Morgan fingerprint density at radius 1 is 0.897 bits per heavy atom. The van der Waals surface area contributed by atoms with Crippen LogP contribution in [-0.2, 0) is 13.1 Å². The molecule has 0 saturated heterocycles. The van der Waals surface area contributed by atoms with Crippen LogP contribution in [0.2, 0.25) is 0 Å². The minimum Gasteiger partial charge on any atom is -0.493 e. The molecule has 0 unspecified atom stereocenters. The maximum atomic E-state index is 13.9. The van der Waals surface area contributed by atoms with Gasteiger partial charge in [-0.3, -0.25) is 18.7 Å². The standard InChI is InChI=1S/C30H30FN3O5/c1-38-26-15-24-25(16-27(26)39-2)33(18-20-6-5-7-22(31)14-20)30(37)34(29(24)36)17-19-10-12-21(13-11-19)28(35)32-23-8-3-4-9-23/h5-7,10-16,23H,3-4,8-9,17-18H2,1-2H3,(H,32,35). The van der Waals surface area contributed by atoms with E-state index < -0.39 is 17.1 Å². The average Bonchev–Trinajstić information content (AvgIpc) is 3.46. The summed E-state index contributed by atoms with van der Waals surface area (Å²) in [7, 11) is 2.94. The number of halogens is 1. The largest absolute Gasteiger partial charge is 0.493 e.